The Morgan fingerprint density at radius 1 is 1.30 bits per heavy atom. The number of ether oxygens (including phenoxy) is 1. The number of Topliss-reactive ketones (excluding diaryl/α,β-unsaturated/α-hetero) is 1. The maximum absolute atomic E-state index is 13.8. The van der Waals surface area contributed by atoms with Crippen LogP contribution in [0.15, 0.2) is 55.1 Å². The fraction of sp³-hybridized carbons (Fsp3) is 0.400. The van der Waals surface area contributed by atoms with Gasteiger partial charge in [-0.1, -0.05) is 35.9 Å². The Balaban J connectivity index is 1.41. The predicted molar refractivity (Wildman–Crippen MR) is 140 cm³/mol. The van der Waals surface area contributed by atoms with Gasteiger partial charge in [0.05, 0.1) is 11.5 Å². The highest BCUT2D eigenvalue weighted by Crippen LogP contribution is 2.65. The molecule has 1 amide bonds. The molecule has 2 fully saturated rings. The van der Waals surface area contributed by atoms with E-state index in [1.807, 2.05) is 36.1 Å². The van der Waals surface area contributed by atoms with Gasteiger partial charge in [-0.3, -0.25) is 14.5 Å². The number of aliphatic hydroxyl groups is 1. The summed E-state index contributed by atoms with van der Waals surface area (Å²) in [4.78, 5) is 30.8. The maximum Gasteiger partial charge on any atom is 0.246 e. The third-order valence-electron chi connectivity index (χ3n) is 9.05. The number of aromatic hydroxyl groups is 1. The summed E-state index contributed by atoms with van der Waals surface area (Å²) in [6.45, 7) is 6.93. The van der Waals surface area contributed by atoms with Crippen molar-refractivity contribution in [3.8, 4) is 11.5 Å². The lowest BCUT2D eigenvalue weighted by Gasteiger charge is -2.63. The van der Waals surface area contributed by atoms with Gasteiger partial charge in [0, 0.05) is 37.3 Å². The van der Waals surface area contributed by atoms with Crippen molar-refractivity contribution in [3.63, 3.8) is 0 Å². The molecule has 4 aliphatic rings. The lowest BCUT2D eigenvalue weighted by atomic mass is 9.48. The van der Waals surface area contributed by atoms with Crippen molar-refractivity contribution in [2.75, 3.05) is 20.1 Å². The molecule has 0 radical (unpaired) electrons. The molecule has 2 aliphatic carbocycles. The molecule has 2 heterocycles. The smallest absolute Gasteiger partial charge is 0.246 e. The maximum atomic E-state index is 13.8. The summed E-state index contributed by atoms with van der Waals surface area (Å²) in [5.41, 5.74) is 0.892. The number of hydrogen-bond acceptors (Lipinski definition) is 6. The average Bonchev–Trinajstić information content (AvgIpc) is 3.22. The Morgan fingerprint density at radius 2 is 2.11 bits per heavy atom. The van der Waals surface area contributed by atoms with E-state index in [9.17, 15) is 19.8 Å². The molecule has 0 aromatic heterocycles. The highest BCUT2D eigenvalue weighted by molar-refractivity contribution is 6.06. The van der Waals surface area contributed by atoms with E-state index < -0.39 is 23.2 Å². The molecule has 2 aromatic rings. The van der Waals surface area contributed by atoms with Gasteiger partial charge in [0.1, 0.15) is 17.7 Å². The largest absolute Gasteiger partial charge is 0.504 e. The topological polar surface area (TPSA) is 90.3 Å². The number of amides is 1. The first-order chi connectivity index (χ1) is 17.7. The summed E-state index contributed by atoms with van der Waals surface area (Å²) in [7, 11) is 1.76. The zero-order valence-electron chi connectivity index (χ0n) is 21.2. The molecule has 0 unspecified atom stereocenters. The molecule has 192 valence electrons. The van der Waals surface area contributed by atoms with Gasteiger partial charge in [-0.25, -0.2) is 0 Å². The standard InChI is InChI=1S/C30H32N2O5/c1-4-15-32-16-14-29-24-20-9-10-22(33)26(24)37-28(29)21(12-13-30(29,36)27(32)25(20)35)31(3)23(34)11-8-19-7-5-6-18(2)17-19/h4-11,17,21,27-28,33,36H,1,12-16H2,2-3H3/t21-,27+,28-,29-,30+/m0/s1. The minimum absolute atomic E-state index is 0.0447. The number of likely N-dealkylation sites (N-methyl/N-ethyl adjacent to an activating group) is 1. The number of hydrogen-bond donors (Lipinski definition) is 2. The highest BCUT2D eigenvalue weighted by Gasteiger charge is 2.75. The second-order valence-electron chi connectivity index (χ2n) is 10.9. The van der Waals surface area contributed by atoms with Crippen LogP contribution in [0.3, 0.4) is 0 Å². The normalized spacial score (nSPS) is 31.6. The molecule has 2 bridgehead atoms. The van der Waals surface area contributed by atoms with Crippen LogP contribution in [-0.2, 0) is 10.2 Å². The van der Waals surface area contributed by atoms with Crippen molar-refractivity contribution >= 4 is 17.8 Å². The number of rotatable bonds is 5. The lowest BCUT2D eigenvalue weighted by Crippen LogP contribution is -2.79. The summed E-state index contributed by atoms with van der Waals surface area (Å²) in [5, 5.41) is 23.2. The van der Waals surface area contributed by atoms with Crippen LogP contribution in [0.2, 0.25) is 0 Å². The molecule has 6 rings (SSSR count). The van der Waals surface area contributed by atoms with E-state index in [1.54, 1.807) is 36.2 Å². The van der Waals surface area contributed by atoms with Crippen molar-refractivity contribution in [2.45, 2.75) is 55.4 Å². The summed E-state index contributed by atoms with van der Waals surface area (Å²) < 4.78 is 6.46. The van der Waals surface area contributed by atoms with Gasteiger partial charge in [0.2, 0.25) is 5.91 Å². The highest BCUT2D eigenvalue weighted by atomic mass is 16.5. The lowest BCUT2D eigenvalue weighted by molar-refractivity contribution is -0.186. The van der Waals surface area contributed by atoms with Crippen molar-refractivity contribution < 1.29 is 24.5 Å². The molecular weight excluding hydrogens is 468 g/mol. The Bertz CT molecular complexity index is 1350. The van der Waals surface area contributed by atoms with Crippen molar-refractivity contribution in [1.82, 2.24) is 9.80 Å². The molecule has 5 atom stereocenters. The molecule has 1 spiro atoms. The van der Waals surface area contributed by atoms with E-state index in [1.165, 1.54) is 6.07 Å². The van der Waals surface area contributed by atoms with Crippen LogP contribution in [0.25, 0.3) is 6.08 Å². The minimum atomic E-state index is -1.38. The first-order valence-corrected chi connectivity index (χ1v) is 12.9. The van der Waals surface area contributed by atoms with Gasteiger partial charge in [0.25, 0.3) is 0 Å². The van der Waals surface area contributed by atoms with Gasteiger partial charge in [-0.05, 0) is 50.0 Å². The third kappa shape index (κ3) is 3.14. The summed E-state index contributed by atoms with van der Waals surface area (Å²) >= 11 is 0. The molecule has 7 heteroatoms. The van der Waals surface area contributed by atoms with Crippen LogP contribution in [0.5, 0.6) is 11.5 Å². The number of aryl methyl sites for hydroxylation is 1. The Labute approximate surface area is 216 Å². The zero-order valence-corrected chi connectivity index (χ0v) is 21.2. The number of nitrogens with zero attached hydrogens (tertiary/aromatic N) is 2. The Morgan fingerprint density at radius 3 is 2.86 bits per heavy atom. The van der Waals surface area contributed by atoms with E-state index in [-0.39, 0.29) is 29.2 Å². The first kappa shape index (κ1) is 23.9. The van der Waals surface area contributed by atoms with Crippen LogP contribution in [0.1, 0.15) is 46.3 Å². The summed E-state index contributed by atoms with van der Waals surface area (Å²) in [6.07, 6.45) is 5.91. The molecule has 7 nitrogen and oxygen atoms in total. The first-order valence-electron chi connectivity index (χ1n) is 12.9. The number of likely N-dealkylation sites (tertiary alicyclic amines) is 1. The fourth-order valence-electron chi connectivity index (χ4n) is 7.45. The number of carbonyl (C=O) groups is 2. The van der Waals surface area contributed by atoms with E-state index in [2.05, 4.69) is 6.58 Å². The van der Waals surface area contributed by atoms with E-state index in [0.29, 0.717) is 43.5 Å². The molecule has 1 saturated carbocycles. The van der Waals surface area contributed by atoms with Crippen LogP contribution < -0.4 is 4.74 Å². The second-order valence-corrected chi connectivity index (χ2v) is 10.9. The number of piperidine rings is 1. The molecule has 1 saturated heterocycles. The Kier molecular flexibility index (Phi) is 5.37. The summed E-state index contributed by atoms with van der Waals surface area (Å²) in [5.74, 6) is -0.0845. The second kappa shape index (κ2) is 8.30. The van der Waals surface area contributed by atoms with Crippen molar-refractivity contribution in [1.29, 1.82) is 0 Å². The molecule has 37 heavy (non-hydrogen) atoms. The van der Waals surface area contributed by atoms with E-state index in [4.69, 9.17) is 4.74 Å². The van der Waals surface area contributed by atoms with Crippen molar-refractivity contribution in [3.05, 3.63) is 77.4 Å². The summed E-state index contributed by atoms with van der Waals surface area (Å²) in [6, 6.07) is 10.0. The van der Waals surface area contributed by atoms with Crippen LogP contribution in [0, 0.1) is 6.92 Å². The van der Waals surface area contributed by atoms with Gasteiger partial charge in [-0.2, -0.15) is 0 Å². The number of phenolic OH excluding ortho intramolecular Hbond substituents is 1. The number of ketones is 1. The van der Waals surface area contributed by atoms with Crippen molar-refractivity contribution in [2.24, 2.45) is 0 Å². The average molecular weight is 501 g/mol. The van der Waals surface area contributed by atoms with Crippen LogP contribution in [-0.4, -0.2) is 75.6 Å². The van der Waals surface area contributed by atoms with Gasteiger partial charge in [-0.15, -0.1) is 6.58 Å². The Hall–Kier alpha value is -3.42. The van der Waals surface area contributed by atoms with Gasteiger partial charge in [0.15, 0.2) is 17.3 Å². The number of phenols is 1. The van der Waals surface area contributed by atoms with Gasteiger partial charge < -0.3 is 19.8 Å². The quantitative estimate of drug-likeness (QED) is 0.484. The molecular formula is C30H32N2O5. The van der Waals surface area contributed by atoms with E-state index >= 15 is 0 Å². The van der Waals surface area contributed by atoms with Gasteiger partial charge >= 0.3 is 0 Å². The molecule has 2 aromatic carbocycles. The van der Waals surface area contributed by atoms with Crippen LogP contribution in [0.4, 0.5) is 0 Å². The molecule has 2 aliphatic heterocycles. The van der Waals surface area contributed by atoms with E-state index in [0.717, 1.165) is 11.1 Å². The predicted octanol–water partition coefficient (Wildman–Crippen LogP) is 3.22. The SMILES string of the molecule is C=CCN1CC[C@]23c4c5ccc(O)c4O[C@H]2[C@@H](N(C)C(=O)C=Cc2cccc(C)c2)CC[C@@]3(O)[C@H]1C5=O. The number of carbonyl (C=O) groups excluding carboxylic acids is 2. The fourth-order valence-corrected chi connectivity index (χ4v) is 7.45. The minimum Gasteiger partial charge on any atom is -0.504 e. The molecule has 2 N–H and O–H groups in total. The third-order valence-corrected chi connectivity index (χ3v) is 9.05. The van der Waals surface area contributed by atoms with Crippen LogP contribution >= 0.6 is 0 Å². The monoisotopic (exact) mass is 500 g/mol. The number of benzene rings is 2. The zero-order chi connectivity index (χ0) is 26.1.